The molecule has 1 heterocycles. The van der Waals surface area contributed by atoms with Crippen LogP contribution in [-0.4, -0.2) is 13.2 Å². The molecule has 2 heteroatoms. The summed E-state index contributed by atoms with van der Waals surface area (Å²) < 4.78 is 5.56. The number of nitrogens with one attached hydrogen (secondary N) is 1. The van der Waals surface area contributed by atoms with Crippen LogP contribution in [0, 0.1) is 5.92 Å². The van der Waals surface area contributed by atoms with Gasteiger partial charge in [0.2, 0.25) is 0 Å². The third-order valence-electron chi connectivity index (χ3n) is 4.64. The zero-order chi connectivity index (χ0) is 13.1. The molecule has 1 saturated heterocycles. The quantitative estimate of drug-likeness (QED) is 0.886. The molecule has 0 spiro atoms. The summed E-state index contributed by atoms with van der Waals surface area (Å²) >= 11 is 0. The van der Waals surface area contributed by atoms with Gasteiger partial charge in [0, 0.05) is 5.54 Å². The molecule has 0 amide bonds. The van der Waals surface area contributed by atoms with Crippen LogP contribution in [-0.2, 0) is 5.54 Å². The molecule has 2 aliphatic rings. The summed E-state index contributed by atoms with van der Waals surface area (Å²) in [6, 6.07) is 8.83. The smallest absolute Gasteiger partial charge is 0.119 e. The maximum Gasteiger partial charge on any atom is 0.119 e. The van der Waals surface area contributed by atoms with Crippen molar-refractivity contribution in [3.8, 4) is 5.75 Å². The van der Waals surface area contributed by atoms with Gasteiger partial charge in [-0.2, -0.15) is 0 Å². The van der Waals surface area contributed by atoms with E-state index in [9.17, 15) is 0 Å². The fourth-order valence-electron chi connectivity index (χ4n) is 3.53. The average Bonchev–Trinajstić information content (AvgIpc) is 3.27. The van der Waals surface area contributed by atoms with Gasteiger partial charge in [0.05, 0.1) is 6.61 Å². The van der Waals surface area contributed by atoms with Crippen molar-refractivity contribution in [2.45, 2.75) is 51.0 Å². The summed E-state index contributed by atoms with van der Waals surface area (Å²) in [4.78, 5) is 0. The standard InChI is InChI=1S/C17H25NO/c1-2-19-16-10-8-15(9-11-16)17(14-6-7-14)12-4-3-5-13-18-17/h8-11,14,18H,2-7,12-13H2,1H3. The van der Waals surface area contributed by atoms with Crippen molar-refractivity contribution < 1.29 is 4.74 Å². The predicted molar refractivity (Wildman–Crippen MR) is 78.5 cm³/mol. The zero-order valence-electron chi connectivity index (χ0n) is 12.0. The molecule has 1 N–H and O–H groups in total. The second-order valence-electron chi connectivity index (χ2n) is 5.94. The highest BCUT2D eigenvalue weighted by molar-refractivity contribution is 5.34. The van der Waals surface area contributed by atoms with Crippen LogP contribution in [0.1, 0.15) is 51.0 Å². The van der Waals surface area contributed by atoms with Gasteiger partial charge in [0.25, 0.3) is 0 Å². The first-order chi connectivity index (χ1) is 9.35. The van der Waals surface area contributed by atoms with Gasteiger partial charge in [-0.1, -0.05) is 25.0 Å². The van der Waals surface area contributed by atoms with E-state index in [2.05, 4.69) is 29.6 Å². The minimum Gasteiger partial charge on any atom is -0.494 e. The van der Waals surface area contributed by atoms with Crippen molar-refractivity contribution in [1.82, 2.24) is 5.32 Å². The first kappa shape index (κ1) is 13.0. The summed E-state index contributed by atoms with van der Waals surface area (Å²) in [5.41, 5.74) is 1.72. The number of hydrogen-bond donors (Lipinski definition) is 1. The molecule has 1 atom stereocenters. The highest BCUT2D eigenvalue weighted by Gasteiger charge is 2.45. The average molecular weight is 259 g/mol. The van der Waals surface area contributed by atoms with Crippen LogP contribution < -0.4 is 10.1 Å². The molecule has 1 aliphatic heterocycles. The molecular formula is C17H25NO. The van der Waals surface area contributed by atoms with E-state index in [1.807, 2.05) is 6.92 Å². The van der Waals surface area contributed by atoms with Gasteiger partial charge in [0.15, 0.2) is 0 Å². The zero-order valence-corrected chi connectivity index (χ0v) is 12.0. The van der Waals surface area contributed by atoms with Gasteiger partial charge in [0.1, 0.15) is 5.75 Å². The number of ether oxygens (including phenoxy) is 1. The molecule has 3 rings (SSSR count). The Hall–Kier alpha value is -1.02. The number of benzene rings is 1. The first-order valence-corrected chi connectivity index (χ1v) is 7.83. The van der Waals surface area contributed by atoms with E-state index in [4.69, 9.17) is 4.74 Å². The van der Waals surface area contributed by atoms with Gasteiger partial charge in [-0.15, -0.1) is 0 Å². The molecule has 1 aliphatic carbocycles. The van der Waals surface area contributed by atoms with E-state index in [-0.39, 0.29) is 5.54 Å². The van der Waals surface area contributed by atoms with E-state index in [0.717, 1.165) is 18.3 Å². The number of rotatable bonds is 4. The van der Waals surface area contributed by atoms with Gasteiger partial charge in [-0.05, 0) is 62.8 Å². The van der Waals surface area contributed by atoms with Crippen LogP contribution >= 0.6 is 0 Å². The van der Waals surface area contributed by atoms with Crippen LogP contribution in [0.15, 0.2) is 24.3 Å². The lowest BCUT2D eigenvalue weighted by atomic mass is 9.81. The summed E-state index contributed by atoms with van der Waals surface area (Å²) in [5, 5.41) is 3.88. The van der Waals surface area contributed by atoms with E-state index in [1.54, 1.807) is 0 Å². The Kier molecular flexibility index (Phi) is 3.79. The molecule has 0 bridgehead atoms. The highest BCUT2D eigenvalue weighted by atomic mass is 16.5. The van der Waals surface area contributed by atoms with Crippen LogP contribution in [0.3, 0.4) is 0 Å². The van der Waals surface area contributed by atoms with Crippen molar-refractivity contribution in [2.24, 2.45) is 5.92 Å². The SMILES string of the molecule is CCOc1ccc(C2(C3CC3)CCCCCN2)cc1. The van der Waals surface area contributed by atoms with Crippen LogP contribution in [0.25, 0.3) is 0 Å². The molecule has 104 valence electrons. The summed E-state index contributed by atoms with van der Waals surface area (Å²) in [6.45, 7) is 3.95. The molecule has 2 nitrogen and oxygen atoms in total. The second-order valence-corrected chi connectivity index (χ2v) is 5.94. The second kappa shape index (κ2) is 5.54. The first-order valence-electron chi connectivity index (χ1n) is 7.83. The van der Waals surface area contributed by atoms with Crippen molar-refractivity contribution in [3.05, 3.63) is 29.8 Å². The summed E-state index contributed by atoms with van der Waals surface area (Å²) in [5.74, 6) is 1.84. The van der Waals surface area contributed by atoms with Gasteiger partial charge in [-0.25, -0.2) is 0 Å². The fourth-order valence-corrected chi connectivity index (χ4v) is 3.53. The van der Waals surface area contributed by atoms with Crippen molar-refractivity contribution >= 4 is 0 Å². The van der Waals surface area contributed by atoms with E-state index in [1.165, 1.54) is 50.6 Å². The Morgan fingerprint density at radius 1 is 1.16 bits per heavy atom. The molecule has 0 radical (unpaired) electrons. The third-order valence-corrected chi connectivity index (χ3v) is 4.64. The van der Waals surface area contributed by atoms with E-state index >= 15 is 0 Å². The Morgan fingerprint density at radius 2 is 1.95 bits per heavy atom. The van der Waals surface area contributed by atoms with Gasteiger partial charge >= 0.3 is 0 Å². The highest BCUT2D eigenvalue weighted by Crippen LogP contribution is 2.49. The molecule has 1 saturated carbocycles. The fraction of sp³-hybridized carbons (Fsp3) is 0.647. The predicted octanol–water partition coefficient (Wildman–Crippen LogP) is 3.85. The Bertz CT molecular complexity index is 400. The lowest BCUT2D eigenvalue weighted by molar-refractivity contribution is 0.278. The van der Waals surface area contributed by atoms with Crippen LogP contribution in [0.4, 0.5) is 0 Å². The van der Waals surface area contributed by atoms with E-state index in [0.29, 0.717) is 0 Å². The van der Waals surface area contributed by atoms with Crippen LogP contribution in [0.5, 0.6) is 5.75 Å². The van der Waals surface area contributed by atoms with Crippen LogP contribution in [0.2, 0.25) is 0 Å². The van der Waals surface area contributed by atoms with Gasteiger partial charge in [-0.3, -0.25) is 0 Å². The molecule has 1 unspecified atom stereocenters. The normalized spacial score (nSPS) is 27.8. The minimum atomic E-state index is 0.251. The van der Waals surface area contributed by atoms with Crippen molar-refractivity contribution in [2.75, 3.05) is 13.2 Å². The lowest BCUT2D eigenvalue weighted by Gasteiger charge is -2.35. The third kappa shape index (κ3) is 2.64. The molecule has 19 heavy (non-hydrogen) atoms. The maximum absolute atomic E-state index is 5.56. The molecule has 0 aromatic heterocycles. The lowest BCUT2D eigenvalue weighted by Crippen LogP contribution is -2.43. The topological polar surface area (TPSA) is 21.3 Å². The summed E-state index contributed by atoms with van der Waals surface area (Å²) in [7, 11) is 0. The molecule has 2 fully saturated rings. The Balaban J connectivity index is 1.86. The summed E-state index contributed by atoms with van der Waals surface area (Å²) in [6.07, 6.45) is 8.13. The monoisotopic (exact) mass is 259 g/mol. The van der Waals surface area contributed by atoms with Gasteiger partial charge < -0.3 is 10.1 Å². The van der Waals surface area contributed by atoms with Crippen molar-refractivity contribution in [3.63, 3.8) is 0 Å². The Morgan fingerprint density at radius 3 is 2.63 bits per heavy atom. The molecular weight excluding hydrogens is 234 g/mol. The number of hydrogen-bond acceptors (Lipinski definition) is 2. The Labute approximate surface area is 116 Å². The van der Waals surface area contributed by atoms with Crippen molar-refractivity contribution in [1.29, 1.82) is 0 Å². The largest absolute Gasteiger partial charge is 0.494 e. The maximum atomic E-state index is 5.56. The van der Waals surface area contributed by atoms with E-state index < -0.39 is 0 Å². The molecule has 1 aromatic carbocycles. The molecule has 1 aromatic rings. The minimum absolute atomic E-state index is 0.251.